The molecule has 5 rings (SSSR count). The molecular weight excluding hydrogens is 394 g/mol. The number of likely N-dealkylation sites (N-methyl/N-ethyl adjacent to an activating group) is 1. The van der Waals surface area contributed by atoms with Gasteiger partial charge in [-0.1, -0.05) is 91.0 Å². The number of carbonyl (C=O) groups is 1. The molecule has 3 atom stereocenters. The van der Waals surface area contributed by atoms with Gasteiger partial charge in [0.1, 0.15) is 6.10 Å². The molecule has 1 aliphatic rings. The Balaban J connectivity index is 1.50. The van der Waals surface area contributed by atoms with Crippen molar-refractivity contribution in [1.82, 2.24) is 4.90 Å². The second-order valence-electron chi connectivity index (χ2n) is 8.68. The van der Waals surface area contributed by atoms with Gasteiger partial charge < -0.3 is 4.74 Å². The Hall–Kier alpha value is -3.27. The smallest absolute Gasteiger partial charge is 0.165 e. The third kappa shape index (κ3) is 3.86. The van der Waals surface area contributed by atoms with E-state index in [4.69, 9.17) is 4.74 Å². The number of hydrogen-bond acceptors (Lipinski definition) is 3. The normalized spacial score (nSPS) is 20.3. The van der Waals surface area contributed by atoms with Crippen molar-refractivity contribution >= 4 is 16.6 Å². The number of ketones is 1. The van der Waals surface area contributed by atoms with Crippen molar-refractivity contribution in [2.75, 3.05) is 14.1 Å². The van der Waals surface area contributed by atoms with E-state index >= 15 is 0 Å². The van der Waals surface area contributed by atoms with Crippen LogP contribution in [-0.4, -0.2) is 24.8 Å². The van der Waals surface area contributed by atoms with Gasteiger partial charge >= 0.3 is 0 Å². The molecule has 0 fully saturated rings. The fourth-order valence-corrected chi connectivity index (χ4v) is 4.82. The van der Waals surface area contributed by atoms with Gasteiger partial charge in [0.25, 0.3) is 0 Å². The van der Waals surface area contributed by atoms with Crippen molar-refractivity contribution in [2.45, 2.75) is 24.7 Å². The van der Waals surface area contributed by atoms with Gasteiger partial charge in [0.2, 0.25) is 0 Å². The Morgan fingerprint density at radius 3 is 2.19 bits per heavy atom. The molecule has 4 aromatic rings. The maximum Gasteiger partial charge on any atom is 0.165 e. The van der Waals surface area contributed by atoms with Crippen molar-refractivity contribution in [3.63, 3.8) is 0 Å². The molecule has 1 heterocycles. The lowest BCUT2D eigenvalue weighted by molar-refractivity contribution is -0.0718. The molecule has 4 aromatic carbocycles. The first-order valence-electron chi connectivity index (χ1n) is 11.1. The molecule has 0 unspecified atom stereocenters. The number of hydrogen-bond donors (Lipinski definition) is 0. The standard InChI is InChI=1S/C29H27NO2/c1-30(2)28-25-15-9-8-14-24(25)27(32-29(28)21-11-4-3-5-12-21)19-26(31)23-17-16-20-10-6-7-13-22(20)18-23/h3-18,27-29H,19H2,1-2H3/t27-,28+,29-/m1/s1. The topological polar surface area (TPSA) is 29.5 Å². The third-order valence-electron chi connectivity index (χ3n) is 6.39. The lowest BCUT2D eigenvalue weighted by Gasteiger charge is -2.41. The van der Waals surface area contributed by atoms with Crippen LogP contribution in [0.3, 0.4) is 0 Å². The molecule has 3 nitrogen and oxygen atoms in total. The number of rotatable bonds is 5. The van der Waals surface area contributed by atoms with E-state index in [0.29, 0.717) is 6.42 Å². The van der Waals surface area contributed by atoms with Gasteiger partial charge in [-0.05, 0) is 47.6 Å². The molecule has 0 saturated carbocycles. The van der Waals surface area contributed by atoms with Crippen LogP contribution >= 0.6 is 0 Å². The van der Waals surface area contributed by atoms with Gasteiger partial charge in [0.05, 0.1) is 12.1 Å². The molecule has 1 aliphatic heterocycles. The van der Waals surface area contributed by atoms with Crippen LogP contribution in [0.2, 0.25) is 0 Å². The Labute approximate surface area is 189 Å². The van der Waals surface area contributed by atoms with Crippen LogP contribution in [-0.2, 0) is 4.74 Å². The predicted molar refractivity (Wildman–Crippen MR) is 129 cm³/mol. The quantitative estimate of drug-likeness (QED) is 0.343. The number of ether oxygens (including phenoxy) is 1. The summed E-state index contributed by atoms with van der Waals surface area (Å²) < 4.78 is 6.69. The fourth-order valence-electron chi connectivity index (χ4n) is 4.82. The summed E-state index contributed by atoms with van der Waals surface area (Å²) in [5, 5.41) is 2.22. The Kier molecular flexibility index (Phi) is 5.60. The van der Waals surface area contributed by atoms with Gasteiger partial charge in [0.15, 0.2) is 5.78 Å². The number of carbonyl (C=O) groups excluding carboxylic acids is 1. The zero-order chi connectivity index (χ0) is 22.1. The molecule has 0 amide bonds. The molecule has 0 radical (unpaired) electrons. The molecule has 0 bridgehead atoms. The summed E-state index contributed by atoms with van der Waals surface area (Å²) >= 11 is 0. The number of nitrogens with zero attached hydrogens (tertiary/aromatic N) is 1. The summed E-state index contributed by atoms with van der Waals surface area (Å²) in [5.74, 6) is 0.102. The van der Waals surface area contributed by atoms with E-state index in [1.165, 1.54) is 5.56 Å². The number of Topliss-reactive ketones (excluding diaryl/α,β-unsaturated/α-hetero) is 1. The van der Waals surface area contributed by atoms with Crippen LogP contribution < -0.4 is 0 Å². The van der Waals surface area contributed by atoms with E-state index in [1.54, 1.807) is 0 Å². The van der Waals surface area contributed by atoms with E-state index in [2.05, 4.69) is 55.4 Å². The second-order valence-corrected chi connectivity index (χ2v) is 8.68. The van der Waals surface area contributed by atoms with Crippen LogP contribution in [0.4, 0.5) is 0 Å². The lowest BCUT2D eigenvalue weighted by Crippen LogP contribution is -2.34. The first-order valence-corrected chi connectivity index (χ1v) is 11.1. The lowest BCUT2D eigenvalue weighted by atomic mass is 9.84. The summed E-state index contributed by atoms with van der Waals surface area (Å²) in [6.07, 6.45) is -0.110. The molecular formula is C29H27NO2. The summed E-state index contributed by atoms with van der Waals surface area (Å²) in [5.41, 5.74) is 4.20. The highest BCUT2D eigenvalue weighted by Crippen LogP contribution is 2.47. The highest BCUT2D eigenvalue weighted by molar-refractivity contribution is 6.00. The predicted octanol–water partition coefficient (Wildman–Crippen LogP) is 6.53. The number of benzene rings is 4. The second kappa shape index (κ2) is 8.70. The largest absolute Gasteiger partial charge is 0.363 e. The molecule has 0 aromatic heterocycles. The average molecular weight is 422 g/mol. The highest BCUT2D eigenvalue weighted by atomic mass is 16.5. The average Bonchev–Trinajstić information content (AvgIpc) is 2.83. The monoisotopic (exact) mass is 421 g/mol. The third-order valence-corrected chi connectivity index (χ3v) is 6.39. The Morgan fingerprint density at radius 2 is 1.44 bits per heavy atom. The van der Waals surface area contributed by atoms with E-state index in [9.17, 15) is 4.79 Å². The van der Waals surface area contributed by atoms with Gasteiger partial charge in [-0.25, -0.2) is 0 Å². The molecule has 0 saturated heterocycles. The zero-order valence-electron chi connectivity index (χ0n) is 18.4. The summed E-state index contributed by atoms with van der Waals surface area (Å²) in [7, 11) is 4.17. The molecule has 160 valence electrons. The highest BCUT2D eigenvalue weighted by Gasteiger charge is 2.38. The maximum atomic E-state index is 13.3. The Bertz CT molecular complexity index is 1250. The molecule has 0 spiro atoms. The maximum absolute atomic E-state index is 13.3. The van der Waals surface area contributed by atoms with Gasteiger partial charge in [-0.2, -0.15) is 0 Å². The first-order chi connectivity index (χ1) is 15.6. The summed E-state index contributed by atoms with van der Waals surface area (Å²) in [6, 6.07) is 32.9. The van der Waals surface area contributed by atoms with Gasteiger partial charge in [-0.3, -0.25) is 9.69 Å². The van der Waals surface area contributed by atoms with E-state index in [-0.39, 0.29) is 24.0 Å². The SMILES string of the molecule is CN(C)[C@H]1c2ccccc2[C@@H](CC(=O)c2ccc3ccccc3c2)O[C@@H]1c1ccccc1. The van der Waals surface area contributed by atoms with Crippen molar-refractivity contribution in [3.05, 3.63) is 119 Å². The van der Waals surface area contributed by atoms with Crippen molar-refractivity contribution < 1.29 is 9.53 Å². The van der Waals surface area contributed by atoms with Gasteiger partial charge in [0, 0.05) is 12.0 Å². The first kappa shape index (κ1) is 20.6. The minimum atomic E-state index is -0.286. The van der Waals surface area contributed by atoms with Crippen LogP contribution in [0.5, 0.6) is 0 Å². The minimum Gasteiger partial charge on any atom is -0.363 e. The fraction of sp³-hybridized carbons (Fsp3) is 0.207. The summed E-state index contributed by atoms with van der Waals surface area (Å²) in [4.78, 5) is 15.5. The van der Waals surface area contributed by atoms with Crippen LogP contribution in [0.15, 0.2) is 97.1 Å². The minimum absolute atomic E-state index is 0.0839. The van der Waals surface area contributed by atoms with Crippen LogP contribution in [0.1, 0.15) is 51.7 Å². The van der Waals surface area contributed by atoms with E-state index in [1.807, 2.05) is 60.7 Å². The van der Waals surface area contributed by atoms with E-state index in [0.717, 1.165) is 27.5 Å². The molecule has 3 heteroatoms. The van der Waals surface area contributed by atoms with Crippen molar-refractivity contribution in [1.29, 1.82) is 0 Å². The number of fused-ring (bicyclic) bond motifs is 2. The molecule has 0 aliphatic carbocycles. The van der Waals surface area contributed by atoms with Crippen LogP contribution in [0, 0.1) is 0 Å². The molecule has 32 heavy (non-hydrogen) atoms. The molecule has 0 N–H and O–H groups in total. The zero-order valence-corrected chi connectivity index (χ0v) is 18.4. The van der Waals surface area contributed by atoms with Gasteiger partial charge in [-0.15, -0.1) is 0 Å². The van der Waals surface area contributed by atoms with Crippen molar-refractivity contribution in [2.24, 2.45) is 0 Å². The van der Waals surface area contributed by atoms with E-state index < -0.39 is 0 Å². The van der Waals surface area contributed by atoms with Crippen molar-refractivity contribution in [3.8, 4) is 0 Å². The Morgan fingerprint density at radius 1 is 0.781 bits per heavy atom. The van der Waals surface area contributed by atoms with Crippen LogP contribution in [0.25, 0.3) is 10.8 Å². The summed E-state index contributed by atoms with van der Waals surface area (Å²) in [6.45, 7) is 0.